The molecule has 0 aliphatic rings. The first-order chi connectivity index (χ1) is 5.70. The van der Waals surface area contributed by atoms with Crippen molar-refractivity contribution in [3.63, 3.8) is 0 Å². The van der Waals surface area contributed by atoms with Crippen molar-refractivity contribution in [3.05, 3.63) is 30.1 Å². The normalized spacial score (nSPS) is 9.42. The van der Waals surface area contributed by atoms with Gasteiger partial charge in [0.2, 0.25) is 0 Å². The van der Waals surface area contributed by atoms with Crippen LogP contribution in [0.2, 0.25) is 0 Å². The van der Waals surface area contributed by atoms with Gasteiger partial charge in [-0.15, -0.1) is 0 Å². The average Bonchev–Trinajstić information content (AvgIpc) is 2.06. The van der Waals surface area contributed by atoms with E-state index in [4.69, 9.17) is 18.0 Å². The van der Waals surface area contributed by atoms with Crippen LogP contribution in [0, 0.1) is 0 Å². The molecule has 0 radical (unpaired) electrons. The lowest BCUT2D eigenvalue weighted by molar-refractivity contribution is 0.503. The van der Waals surface area contributed by atoms with Crippen LogP contribution in [0.3, 0.4) is 0 Å². The number of pyridine rings is 1. The van der Waals surface area contributed by atoms with Crippen molar-refractivity contribution < 1.29 is 0 Å². The summed E-state index contributed by atoms with van der Waals surface area (Å²) in [6.07, 6.45) is 3.54. The van der Waals surface area contributed by atoms with Crippen molar-refractivity contribution in [1.82, 2.24) is 9.88 Å². The molecule has 3 nitrogen and oxygen atoms in total. The first-order valence-corrected chi connectivity index (χ1v) is 4.00. The molecule has 64 valence electrons. The van der Waals surface area contributed by atoms with Crippen LogP contribution in [0.5, 0.6) is 0 Å². The zero-order chi connectivity index (χ0) is 8.97. The van der Waals surface area contributed by atoms with Crippen LogP contribution in [0.1, 0.15) is 5.56 Å². The van der Waals surface area contributed by atoms with Gasteiger partial charge in [-0.1, -0.05) is 6.07 Å². The minimum atomic E-state index is 0.402. The average molecular weight is 181 g/mol. The first-order valence-electron chi connectivity index (χ1n) is 3.59. The molecule has 0 saturated carbocycles. The van der Waals surface area contributed by atoms with Crippen molar-refractivity contribution in [1.29, 1.82) is 0 Å². The zero-order valence-corrected chi connectivity index (χ0v) is 7.71. The summed E-state index contributed by atoms with van der Waals surface area (Å²) in [7, 11) is 1.86. The number of rotatable bonds is 2. The number of nitrogens with two attached hydrogens (primary N) is 1. The lowest BCUT2D eigenvalue weighted by Gasteiger charge is -2.15. The second-order valence-corrected chi connectivity index (χ2v) is 2.97. The molecule has 1 rings (SSSR count). The first kappa shape index (κ1) is 8.93. The quantitative estimate of drug-likeness (QED) is 0.684. The molecule has 0 saturated heterocycles. The smallest absolute Gasteiger partial charge is 0.166 e. The van der Waals surface area contributed by atoms with E-state index >= 15 is 0 Å². The fourth-order valence-electron chi connectivity index (χ4n) is 0.843. The molecule has 1 aromatic rings. The van der Waals surface area contributed by atoms with E-state index in [-0.39, 0.29) is 0 Å². The molecule has 0 atom stereocenters. The largest absolute Gasteiger partial charge is 0.376 e. The topological polar surface area (TPSA) is 42.2 Å². The minimum Gasteiger partial charge on any atom is -0.376 e. The molecule has 0 spiro atoms. The second kappa shape index (κ2) is 4.01. The van der Waals surface area contributed by atoms with Gasteiger partial charge >= 0.3 is 0 Å². The predicted octanol–water partition coefficient (Wildman–Crippen LogP) is 0.757. The third kappa shape index (κ3) is 2.47. The summed E-state index contributed by atoms with van der Waals surface area (Å²) in [5.74, 6) is 0. The Kier molecular flexibility index (Phi) is 2.99. The summed E-state index contributed by atoms with van der Waals surface area (Å²) in [6, 6.07) is 3.88. The van der Waals surface area contributed by atoms with E-state index in [1.807, 2.05) is 19.2 Å². The lowest BCUT2D eigenvalue weighted by Crippen LogP contribution is -2.31. The summed E-state index contributed by atoms with van der Waals surface area (Å²) >= 11 is 4.80. The van der Waals surface area contributed by atoms with E-state index in [1.54, 1.807) is 17.3 Å². The van der Waals surface area contributed by atoms with Gasteiger partial charge < -0.3 is 10.6 Å². The van der Waals surface area contributed by atoms with Gasteiger partial charge in [-0.25, -0.2) is 0 Å². The van der Waals surface area contributed by atoms with E-state index in [1.165, 1.54) is 0 Å². The van der Waals surface area contributed by atoms with Crippen LogP contribution >= 0.6 is 12.2 Å². The molecule has 0 aliphatic heterocycles. The second-order valence-electron chi connectivity index (χ2n) is 2.56. The molecule has 0 fully saturated rings. The number of thiocarbonyl (C=S) groups is 1. The van der Waals surface area contributed by atoms with Crippen molar-refractivity contribution in [2.75, 3.05) is 7.05 Å². The van der Waals surface area contributed by atoms with Gasteiger partial charge in [0.25, 0.3) is 0 Å². The summed E-state index contributed by atoms with van der Waals surface area (Å²) in [5, 5.41) is 0.402. The molecular weight excluding hydrogens is 170 g/mol. The Labute approximate surface area is 77.2 Å². The number of hydrogen-bond donors (Lipinski definition) is 1. The third-order valence-corrected chi connectivity index (χ3v) is 1.83. The van der Waals surface area contributed by atoms with Crippen LogP contribution in [0.4, 0.5) is 0 Å². The van der Waals surface area contributed by atoms with Gasteiger partial charge in [0, 0.05) is 26.0 Å². The molecule has 4 heteroatoms. The van der Waals surface area contributed by atoms with Crippen LogP contribution in [0.25, 0.3) is 0 Å². The molecule has 0 unspecified atom stereocenters. The van der Waals surface area contributed by atoms with Crippen molar-refractivity contribution >= 4 is 17.3 Å². The monoisotopic (exact) mass is 181 g/mol. The minimum absolute atomic E-state index is 0.402. The Balaban J connectivity index is 2.58. The molecule has 0 aliphatic carbocycles. The van der Waals surface area contributed by atoms with Gasteiger partial charge in [-0.2, -0.15) is 0 Å². The van der Waals surface area contributed by atoms with Crippen molar-refractivity contribution in [2.45, 2.75) is 6.54 Å². The fraction of sp³-hybridized carbons (Fsp3) is 0.250. The van der Waals surface area contributed by atoms with Crippen molar-refractivity contribution in [2.24, 2.45) is 5.73 Å². The molecule has 12 heavy (non-hydrogen) atoms. The summed E-state index contributed by atoms with van der Waals surface area (Å²) in [6.45, 7) is 0.711. The molecule has 1 aromatic heterocycles. The summed E-state index contributed by atoms with van der Waals surface area (Å²) < 4.78 is 0. The summed E-state index contributed by atoms with van der Waals surface area (Å²) in [4.78, 5) is 5.78. The Morgan fingerprint density at radius 2 is 2.50 bits per heavy atom. The molecule has 2 N–H and O–H groups in total. The molecular formula is C8H11N3S. The van der Waals surface area contributed by atoms with E-state index in [0.717, 1.165) is 5.56 Å². The highest BCUT2D eigenvalue weighted by molar-refractivity contribution is 7.80. The predicted molar refractivity (Wildman–Crippen MR) is 52.5 cm³/mol. The van der Waals surface area contributed by atoms with Crippen LogP contribution in [0.15, 0.2) is 24.5 Å². The Hall–Kier alpha value is -1.16. The number of aromatic nitrogens is 1. The zero-order valence-electron chi connectivity index (χ0n) is 6.90. The van der Waals surface area contributed by atoms with Crippen LogP contribution < -0.4 is 5.73 Å². The van der Waals surface area contributed by atoms with Crippen molar-refractivity contribution in [3.8, 4) is 0 Å². The lowest BCUT2D eigenvalue weighted by atomic mass is 10.3. The van der Waals surface area contributed by atoms with Crippen LogP contribution in [-0.4, -0.2) is 22.0 Å². The van der Waals surface area contributed by atoms with Gasteiger partial charge in [-0.05, 0) is 23.8 Å². The van der Waals surface area contributed by atoms with Gasteiger partial charge in [0.1, 0.15) is 0 Å². The van der Waals surface area contributed by atoms with E-state index < -0.39 is 0 Å². The SMILES string of the molecule is CN(Cc1cccnc1)C(N)=S. The van der Waals surface area contributed by atoms with E-state index in [9.17, 15) is 0 Å². The van der Waals surface area contributed by atoms with Gasteiger partial charge in [0.05, 0.1) is 0 Å². The fourth-order valence-corrected chi connectivity index (χ4v) is 0.908. The van der Waals surface area contributed by atoms with E-state index in [0.29, 0.717) is 11.7 Å². The third-order valence-electron chi connectivity index (χ3n) is 1.52. The maximum atomic E-state index is 5.42. The van der Waals surface area contributed by atoms with E-state index in [2.05, 4.69) is 4.98 Å². The molecule has 0 amide bonds. The van der Waals surface area contributed by atoms with Gasteiger partial charge in [-0.3, -0.25) is 4.98 Å². The Bertz CT molecular complexity index is 260. The standard InChI is InChI=1S/C8H11N3S/c1-11(8(9)12)6-7-3-2-4-10-5-7/h2-5H,6H2,1H3,(H2,9,12). The highest BCUT2D eigenvalue weighted by atomic mass is 32.1. The number of hydrogen-bond acceptors (Lipinski definition) is 2. The van der Waals surface area contributed by atoms with Crippen LogP contribution in [-0.2, 0) is 6.54 Å². The maximum Gasteiger partial charge on any atom is 0.166 e. The van der Waals surface area contributed by atoms with Gasteiger partial charge in [0.15, 0.2) is 5.11 Å². The summed E-state index contributed by atoms with van der Waals surface area (Å²) in [5.41, 5.74) is 6.53. The molecule has 0 bridgehead atoms. The molecule has 1 heterocycles. The number of nitrogens with zero attached hydrogens (tertiary/aromatic N) is 2. The maximum absolute atomic E-state index is 5.42. The highest BCUT2D eigenvalue weighted by Gasteiger charge is 1.99. The Morgan fingerprint density at radius 3 is 3.00 bits per heavy atom. The molecule has 0 aromatic carbocycles. The highest BCUT2D eigenvalue weighted by Crippen LogP contribution is 1.99. The Morgan fingerprint density at radius 1 is 1.75 bits per heavy atom.